The lowest BCUT2D eigenvalue weighted by molar-refractivity contribution is 0.628. The second-order valence-electron chi connectivity index (χ2n) is 6.03. The maximum absolute atomic E-state index is 13.1. The maximum atomic E-state index is 13.1. The van der Waals surface area contributed by atoms with E-state index in [4.69, 9.17) is 0 Å². The summed E-state index contributed by atoms with van der Waals surface area (Å²) in [6, 6.07) is 10.7. The van der Waals surface area contributed by atoms with Gasteiger partial charge in [-0.3, -0.25) is 4.68 Å². The first kappa shape index (κ1) is 14.7. The van der Waals surface area contributed by atoms with Gasteiger partial charge in [-0.2, -0.15) is 5.10 Å². The fourth-order valence-corrected chi connectivity index (χ4v) is 3.17. The van der Waals surface area contributed by atoms with Gasteiger partial charge in [0.1, 0.15) is 5.82 Å². The zero-order valence-corrected chi connectivity index (χ0v) is 13.5. The highest BCUT2D eigenvalue weighted by molar-refractivity contribution is 5.82. The van der Waals surface area contributed by atoms with E-state index in [9.17, 15) is 4.39 Å². The van der Waals surface area contributed by atoms with E-state index in [1.165, 1.54) is 28.8 Å². The van der Waals surface area contributed by atoms with E-state index in [1.807, 2.05) is 24.1 Å². The molecule has 2 aromatic carbocycles. The van der Waals surface area contributed by atoms with Crippen molar-refractivity contribution in [2.45, 2.75) is 12.8 Å². The van der Waals surface area contributed by atoms with Gasteiger partial charge in [0, 0.05) is 30.2 Å². The standard InChI is InChI=1S/C20H18FN3/c1-24-13-14(12-22-24)17-10-11-20(19-5-3-2-4-18(17)19)23-16-8-6-15(21)7-9-16/h2,4,6-13,23H,3,5H2,1H3. The first-order valence-corrected chi connectivity index (χ1v) is 8.05. The number of fused-ring (bicyclic) bond motifs is 1. The Morgan fingerprint density at radius 2 is 1.96 bits per heavy atom. The molecule has 0 saturated carbocycles. The number of halogens is 1. The largest absolute Gasteiger partial charge is 0.355 e. The van der Waals surface area contributed by atoms with Crippen molar-refractivity contribution in [1.82, 2.24) is 9.78 Å². The lowest BCUT2D eigenvalue weighted by Crippen LogP contribution is -2.03. The van der Waals surface area contributed by atoms with Crippen LogP contribution in [0.25, 0.3) is 17.2 Å². The number of hydrogen-bond acceptors (Lipinski definition) is 2. The molecule has 1 heterocycles. The Morgan fingerprint density at radius 3 is 2.71 bits per heavy atom. The second-order valence-corrected chi connectivity index (χ2v) is 6.03. The summed E-state index contributed by atoms with van der Waals surface area (Å²) in [6.07, 6.45) is 10.3. The van der Waals surface area contributed by atoms with Crippen LogP contribution in [0.15, 0.2) is 54.9 Å². The van der Waals surface area contributed by atoms with Gasteiger partial charge in [-0.1, -0.05) is 18.2 Å². The summed E-state index contributed by atoms with van der Waals surface area (Å²) in [7, 11) is 1.93. The topological polar surface area (TPSA) is 29.9 Å². The van der Waals surface area contributed by atoms with E-state index in [0.29, 0.717) is 0 Å². The van der Waals surface area contributed by atoms with Crippen molar-refractivity contribution in [3.63, 3.8) is 0 Å². The number of aromatic nitrogens is 2. The zero-order valence-electron chi connectivity index (χ0n) is 13.5. The van der Waals surface area contributed by atoms with Crippen LogP contribution in [0.1, 0.15) is 17.5 Å². The van der Waals surface area contributed by atoms with Crippen molar-refractivity contribution in [3.8, 4) is 11.1 Å². The second kappa shape index (κ2) is 5.96. The van der Waals surface area contributed by atoms with Crippen LogP contribution in [0, 0.1) is 5.82 Å². The molecule has 0 bridgehead atoms. The summed E-state index contributed by atoms with van der Waals surface area (Å²) in [6.45, 7) is 0. The molecule has 4 heteroatoms. The molecule has 120 valence electrons. The summed E-state index contributed by atoms with van der Waals surface area (Å²) in [4.78, 5) is 0. The van der Waals surface area contributed by atoms with Crippen molar-refractivity contribution >= 4 is 17.5 Å². The van der Waals surface area contributed by atoms with E-state index in [2.05, 4.69) is 34.7 Å². The zero-order chi connectivity index (χ0) is 16.5. The van der Waals surface area contributed by atoms with Crippen molar-refractivity contribution in [1.29, 1.82) is 0 Å². The van der Waals surface area contributed by atoms with Crippen molar-refractivity contribution in [2.24, 2.45) is 7.05 Å². The molecule has 0 saturated heterocycles. The molecule has 0 radical (unpaired) electrons. The molecule has 0 fully saturated rings. The highest BCUT2D eigenvalue weighted by Gasteiger charge is 2.16. The van der Waals surface area contributed by atoms with Crippen molar-refractivity contribution in [3.05, 3.63) is 71.8 Å². The number of nitrogens with one attached hydrogen (secondary N) is 1. The minimum Gasteiger partial charge on any atom is -0.355 e. The molecule has 4 rings (SSSR count). The fraction of sp³-hybridized carbons (Fsp3) is 0.150. The minimum atomic E-state index is -0.225. The first-order valence-electron chi connectivity index (χ1n) is 8.05. The van der Waals surface area contributed by atoms with Crippen LogP contribution < -0.4 is 5.32 Å². The number of allylic oxidation sites excluding steroid dienone is 1. The van der Waals surface area contributed by atoms with E-state index in [1.54, 1.807) is 12.1 Å². The van der Waals surface area contributed by atoms with Gasteiger partial charge >= 0.3 is 0 Å². The molecule has 0 aliphatic heterocycles. The number of rotatable bonds is 3. The summed E-state index contributed by atoms with van der Waals surface area (Å²) in [5.41, 5.74) is 6.81. The van der Waals surface area contributed by atoms with Crippen molar-refractivity contribution in [2.75, 3.05) is 5.32 Å². The van der Waals surface area contributed by atoms with Gasteiger partial charge in [0.25, 0.3) is 0 Å². The van der Waals surface area contributed by atoms with Gasteiger partial charge in [-0.15, -0.1) is 0 Å². The highest BCUT2D eigenvalue weighted by Crippen LogP contribution is 2.36. The Bertz CT molecular complexity index is 907. The smallest absolute Gasteiger partial charge is 0.123 e. The Kier molecular flexibility index (Phi) is 3.65. The van der Waals surface area contributed by atoms with Crippen LogP contribution in [-0.4, -0.2) is 9.78 Å². The maximum Gasteiger partial charge on any atom is 0.123 e. The van der Waals surface area contributed by atoms with Crippen molar-refractivity contribution < 1.29 is 4.39 Å². The van der Waals surface area contributed by atoms with Crippen LogP contribution in [0.3, 0.4) is 0 Å². The van der Waals surface area contributed by atoms with Gasteiger partial charge in [0.05, 0.1) is 6.20 Å². The lowest BCUT2D eigenvalue weighted by atomic mass is 9.89. The summed E-state index contributed by atoms with van der Waals surface area (Å²) in [5, 5.41) is 7.70. The van der Waals surface area contributed by atoms with Crippen LogP contribution in [0.2, 0.25) is 0 Å². The number of aryl methyl sites for hydroxylation is 1. The molecule has 1 aliphatic rings. The predicted octanol–water partition coefficient (Wildman–Crippen LogP) is 4.93. The van der Waals surface area contributed by atoms with Gasteiger partial charge in [0.15, 0.2) is 0 Å². The molecule has 0 amide bonds. The third-order valence-electron chi connectivity index (χ3n) is 4.34. The highest BCUT2D eigenvalue weighted by atomic mass is 19.1. The monoisotopic (exact) mass is 319 g/mol. The van der Waals surface area contributed by atoms with Crippen LogP contribution in [0.5, 0.6) is 0 Å². The predicted molar refractivity (Wildman–Crippen MR) is 95.7 cm³/mol. The number of benzene rings is 2. The Balaban J connectivity index is 1.77. The Labute approximate surface area is 140 Å². The lowest BCUT2D eigenvalue weighted by Gasteiger charge is -2.20. The summed E-state index contributed by atoms with van der Waals surface area (Å²) >= 11 is 0. The molecule has 0 atom stereocenters. The van der Waals surface area contributed by atoms with Crippen LogP contribution in [0.4, 0.5) is 15.8 Å². The van der Waals surface area contributed by atoms with Gasteiger partial charge in [-0.25, -0.2) is 4.39 Å². The fourth-order valence-electron chi connectivity index (χ4n) is 3.17. The average Bonchev–Trinajstić information content (AvgIpc) is 3.03. The molecule has 1 aromatic heterocycles. The Hall–Kier alpha value is -2.88. The molecular weight excluding hydrogens is 301 g/mol. The number of anilines is 2. The third kappa shape index (κ3) is 2.71. The minimum absolute atomic E-state index is 0.225. The third-order valence-corrected chi connectivity index (χ3v) is 4.34. The quantitative estimate of drug-likeness (QED) is 0.742. The summed E-state index contributed by atoms with van der Waals surface area (Å²) < 4.78 is 14.9. The summed E-state index contributed by atoms with van der Waals surface area (Å²) in [5.74, 6) is -0.225. The molecular formula is C20H18FN3. The molecule has 3 nitrogen and oxygen atoms in total. The Morgan fingerprint density at radius 1 is 1.12 bits per heavy atom. The van der Waals surface area contributed by atoms with Gasteiger partial charge in [0.2, 0.25) is 0 Å². The molecule has 1 aliphatic carbocycles. The van der Waals surface area contributed by atoms with Gasteiger partial charge in [-0.05, 0) is 59.9 Å². The molecule has 24 heavy (non-hydrogen) atoms. The van der Waals surface area contributed by atoms with Crippen LogP contribution in [-0.2, 0) is 13.5 Å². The molecule has 1 N–H and O–H groups in total. The van der Waals surface area contributed by atoms with E-state index >= 15 is 0 Å². The van der Waals surface area contributed by atoms with Crippen LogP contribution >= 0.6 is 0 Å². The van der Waals surface area contributed by atoms with E-state index in [0.717, 1.165) is 29.8 Å². The SMILES string of the molecule is Cn1cc(-c2ccc(Nc3ccc(F)cc3)c3c2C=CCC3)cn1. The molecule has 3 aromatic rings. The normalized spacial score (nSPS) is 12.9. The number of hydrogen-bond donors (Lipinski definition) is 1. The number of nitrogens with zero attached hydrogens (tertiary/aromatic N) is 2. The first-order chi connectivity index (χ1) is 11.7. The molecule has 0 spiro atoms. The molecule has 0 unspecified atom stereocenters. The van der Waals surface area contributed by atoms with Gasteiger partial charge < -0.3 is 5.32 Å². The average molecular weight is 319 g/mol. The van der Waals surface area contributed by atoms with E-state index < -0.39 is 0 Å². The van der Waals surface area contributed by atoms with E-state index in [-0.39, 0.29) is 5.82 Å².